The first-order valence-corrected chi connectivity index (χ1v) is 15.5. The molecule has 0 bridgehead atoms. The van der Waals surface area contributed by atoms with Crippen LogP contribution < -0.4 is 0 Å². The van der Waals surface area contributed by atoms with Gasteiger partial charge in [0.25, 0.3) is 0 Å². The number of likely N-dealkylation sites (tertiary alicyclic amines) is 1. The van der Waals surface area contributed by atoms with Crippen LogP contribution in [0.4, 0.5) is 4.79 Å². The number of carbonyl (C=O) groups excluding carboxylic acids is 1. The number of halogens is 1. The summed E-state index contributed by atoms with van der Waals surface area (Å²) in [6.45, 7) is 21.9. The molecule has 0 radical (unpaired) electrons. The van der Waals surface area contributed by atoms with Crippen molar-refractivity contribution >= 4 is 41.2 Å². The van der Waals surface area contributed by atoms with E-state index < -0.39 is 13.8 Å². The summed E-state index contributed by atoms with van der Waals surface area (Å²) >= 11 is 3.74. The molecule has 2 heterocycles. The lowest BCUT2D eigenvalue weighted by Crippen LogP contribution is -2.51. The molecule has 0 N–H and O–H groups in total. The fraction of sp³-hybridized carbons (Fsp3) is 0.667. The predicted octanol–water partition coefficient (Wildman–Crippen LogP) is 8.54. The van der Waals surface area contributed by atoms with Crippen LogP contribution in [0.1, 0.15) is 86.6 Å². The average molecular weight is 536 g/mol. The highest BCUT2D eigenvalue weighted by Gasteiger charge is 2.46. The zero-order valence-corrected chi connectivity index (χ0v) is 24.6. The lowest BCUT2D eigenvalue weighted by Gasteiger charge is -2.44. The first kappa shape index (κ1) is 26.3. The van der Waals surface area contributed by atoms with Crippen LogP contribution in [0.5, 0.6) is 0 Å². The van der Waals surface area contributed by atoms with Crippen molar-refractivity contribution in [1.29, 1.82) is 0 Å². The van der Waals surface area contributed by atoms with E-state index in [9.17, 15) is 4.79 Å². The van der Waals surface area contributed by atoms with Gasteiger partial charge in [-0.25, -0.2) is 4.79 Å². The van der Waals surface area contributed by atoms with Crippen molar-refractivity contribution in [3.8, 4) is 0 Å². The Morgan fingerprint density at radius 3 is 2.06 bits per heavy atom. The van der Waals surface area contributed by atoms with Gasteiger partial charge in [-0.1, -0.05) is 63.5 Å². The number of carbonyl (C=O) groups is 1. The van der Waals surface area contributed by atoms with Crippen molar-refractivity contribution in [3.63, 3.8) is 0 Å². The van der Waals surface area contributed by atoms with E-state index in [1.807, 2.05) is 25.7 Å². The van der Waals surface area contributed by atoms with Crippen LogP contribution >= 0.6 is 15.9 Å². The molecule has 4 nitrogen and oxygen atoms in total. The number of nitrogens with zero attached hydrogens (tertiary/aromatic N) is 2. The molecule has 6 heteroatoms. The predicted molar refractivity (Wildman–Crippen MR) is 146 cm³/mol. The second kappa shape index (κ2) is 9.77. The molecule has 1 aliphatic heterocycles. The van der Waals surface area contributed by atoms with Crippen LogP contribution in [0.3, 0.4) is 0 Å². The van der Waals surface area contributed by atoms with Gasteiger partial charge in [0, 0.05) is 28.5 Å². The van der Waals surface area contributed by atoms with Gasteiger partial charge in [0.1, 0.15) is 5.60 Å². The Labute approximate surface area is 210 Å². The second-order valence-electron chi connectivity index (χ2n) is 11.7. The van der Waals surface area contributed by atoms with Crippen molar-refractivity contribution in [2.75, 3.05) is 13.1 Å². The van der Waals surface area contributed by atoms with Gasteiger partial charge in [-0.15, -0.1) is 0 Å². The highest BCUT2D eigenvalue weighted by atomic mass is 79.9. The minimum absolute atomic E-state index is 0.182. The number of piperidine rings is 1. The largest absolute Gasteiger partial charge is 0.444 e. The lowest BCUT2D eigenvalue weighted by atomic mass is 9.89. The standard InChI is InChI=1S/C27H43BrN2O2Si/c1-18(2)33(19(3)4,20(5)6)30-17-24(23-11-10-22(28)16-25(23)30)21-12-14-29(15-13-21)26(31)32-27(7,8)9/h10-11,16-21H,12-15H2,1-9H3. The Balaban J connectivity index is 2.01. The van der Waals surface area contributed by atoms with Crippen molar-refractivity contribution in [3.05, 3.63) is 34.4 Å². The van der Waals surface area contributed by atoms with Crippen LogP contribution in [-0.4, -0.2) is 42.2 Å². The van der Waals surface area contributed by atoms with E-state index in [2.05, 4.69) is 86.1 Å². The van der Waals surface area contributed by atoms with Crippen LogP contribution in [0.15, 0.2) is 28.9 Å². The van der Waals surface area contributed by atoms with Gasteiger partial charge in [-0.2, -0.15) is 0 Å². The topological polar surface area (TPSA) is 34.5 Å². The summed E-state index contributed by atoms with van der Waals surface area (Å²) in [6.07, 6.45) is 4.29. The first-order chi connectivity index (χ1) is 15.3. The minimum Gasteiger partial charge on any atom is -0.444 e. The molecule has 1 saturated heterocycles. The Bertz CT molecular complexity index is 960. The molecule has 0 saturated carbocycles. The average Bonchev–Trinajstić information content (AvgIpc) is 3.05. The Morgan fingerprint density at radius 2 is 1.58 bits per heavy atom. The van der Waals surface area contributed by atoms with Gasteiger partial charge in [0.2, 0.25) is 0 Å². The molecule has 0 unspecified atom stereocenters. The van der Waals surface area contributed by atoms with Gasteiger partial charge in [-0.3, -0.25) is 0 Å². The van der Waals surface area contributed by atoms with Gasteiger partial charge >= 0.3 is 6.09 Å². The van der Waals surface area contributed by atoms with Crippen molar-refractivity contribution in [2.45, 2.75) is 103 Å². The molecule has 1 aromatic heterocycles. The zero-order valence-electron chi connectivity index (χ0n) is 22.0. The van der Waals surface area contributed by atoms with E-state index in [4.69, 9.17) is 4.74 Å². The van der Waals surface area contributed by atoms with E-state index in [-0.39, 0.29) is 6.09 Å². The molecule has 0 aliphatic carbocycles. The van der Waals surface area contributed by atoms with Crippen molar-refractivity contribution in [1.82, 2.24) is 9.13 Å². The molecule has 0 atom stereocenters. The third-order valence-electron chi connectivity index (χ3n) is 7.58. The molecule has 1 amide bonds. The van der Waals surface area contributed by atoms with Gasteiger partial charge in [0.05, 0.1) is 0 Å². The summed E-state index contributed by atoms with van der Waals surface area (Å²) in [6, 6.07) is 6.80. The SMILES string of the molecule is CC(C)[Si](C(C)C)(C(C)C)n1cc(C2CCN(C(=O)OC(C)(C)C)CC2)c2ccc(Br)cc21. The summed E-state index contributed by atoms with van der Waals surface area (Å²) in [5, 5.41) is 1.38. The van der Waals surface area contributed by atoms with E-state index in [1.165, 1.54) is 16.5 Å². The maximum absolute atomic E-state index is 12.6. The highest BCUT2D eigenvalue weighted by Crippen LogP contribution is 2.46. The number of ether oxygens (including phenoxy) is 1. The Kier molecular flexibility index (Phi) is 7.79. The van der Waals surface area contributed by atoms with Crippen LogP contribution in [0.2, 0.25) is 16.6 Å². The first-order valence-electron chi connectivity index (χ1n) is 12.6. The quantitative estimate of drug-likeness (QED) is 0.360. The van der Waals surface area contributed by atoms with Crippen molar-refractivity contribution < 1.29 is 9.53 Å². The minimum atomic E-state index is -1.88. The Hall–Kier alpha value is -1.27. The van der Waals surface area contributed by atoms with Crippen LogP contribution in [0, 0.1) is 0 Å². The number of hydrogen-bond donors (Lipinski definition) is 0. The molecule has 1 aromatic carbocycles. The summed E-state index contributed by atoms with van der Waals surface area (Å²) in [4.78, 5) is 14.4. The summed E-state index contributed by atoms with van der Waals surface area (Å²) < 4.78 is 9.49. The summed E-state index contributed by atoms with van der Waals surface area (Å²) in [5.41, 5.74) is 4.28. The van der Waals surface area contributed by atoms with Crippen LogP contribution in [0.25, 0.3) is 10.9 Å². The molecule has 1 fully saturated rings. The molecule has 33 heavy (non-hydrogen) atoms. The normalized spacial score (nSPS) is 16.5. The highest BCUT2D eigenvalue weighted by molar-refractivity contribution is 9.10. The number of amides is 1. The van der Waals surface area contributed by atoms with Gasteiger partial charge in [0.15, 0.2) is 8.24 Å². The zero-order chi connectivity index (χ0) is 24.7. The molecule has 2 aromatic rings. The molecule has 3 rings (SSSR count). The third kappa shape index (κ3) is 5.07. The van der Waals surface area contributed by atoms with Crippen molar-refractivity contribution in [2.24, 2.45) is 0 Å². The van der Waals surface area contributed by atoms with Crippen LogP contribution in [-0.2, 0) is 4.74 Å². The molecule has 184 valence electrons. The van der Waals surface area contributed by atoms with E-state index in [1.54, 1.807) is 0 Å². The molecular weight excluding hydrogens is 492 g/mol. The smallest absolute Gasteiger partial charge is 0.410 e. The third-order valence-corrected chi connectivity index (χ3v) is 14.8. The fourth-order valence-electron chi connectivity index (χ4n) is 6.41. The molecular formula is C27H43BrN2O2Si. The lowest BCUT2D eigenvalue weighted by molar-refractivity contribution is 0.0205. The van der Waals surface area contributed by atoms with E-state index in [0.717, 1.165) is 30.4 Å². The van der Waals surface area contributed by atoms with Gasteiger partial charge in [-0.05, 0) is 80.0 Å². The molecule has 0 spiro atoms. The van der Waals surface area contributed by atoms with Gasteiger partial charge < -0.3 is 13.9 Å². The maximum Gasteiger partial charge on any atom is 0.410 e. The Morgan fingerprint density at radius 1 is 1.03 bits per heavy atom. The fourth-order valence-corrected chi connectivity index (χ4v) is 13.4. The monoisotopic (exact) mass is 534 g/mol. The maximum atomic E-state index is 12.6. The molecule has 1 aliphatic rings. The number of hydrogen-bond acceptors (Lipinski definition) is 2. The number of aromatic nitrogens is 1. The summed E-state index contributed by atoms with van der Waals surface area (Å²) in [5.74, 6) is 0.465. The second-order valence-corrected chi connectivity index (χ2v) is 18.3. The number of fused-ring (bicyclic) bond motifs is 1. The number of rotatable bonds is 5. The summed E-state index contributed by atoms with van der Waals surface area (Å²) in [7, 11) is -1.88. The van der Waals surface area contributed by atoms with E-state index >= 15 is 0 Å². The van der Waals surface area contributed by atoms with E-state index in [0.29, 0.717) is 22.5 Å². The number of benzene rings is 1.